The van der Waals surface area contributed by atoms with Crippen molar-refractivity contribution in [2.45, 2.75) is 59.1 Å². The topological polar surface area (TPSA) is 50.7 Å². The number of methoxy groups -OCH3 is 1. The minimum absolute atomic E-state index is 0.00429. The minimum Gasteiger partial charge on any atom is -0.483 e. The zero-order chi connectivity index (χ0) is 21.9. The van der Waals surface area contributed by atoms with E-state index in [0.29, 0.717) is 24.3 Å². The molecule has 1 amide bonds. The number of carbonyl (C=O) groups is 1. The van der Waals surface area contributed by atoms with E-state index >= 15 is 0 Å². The molecule has 1 aliphatic carbocycles. The van der Waals surface area contributed by atoms with Crippen LogP contribution in [-0.2, 0) is 9.53 Å². The summed E-state index contributed by atoms with van der Waals surface area (Å²) < 4.78 is 45.0. The van der Waals surface area contributed by atoms with Crippen molar-refractivity contribution in [1.29, 1.82) is 0 Å². The van der Waals surface area contributed by atoms with E-state index in [1.165, 1.54) is 13.2 Å². The molecule has 0 spiro atoms. The van der Waals surface area contributed by atoms with E-state index in [2.05, 4.69) is 17.2 Å². The summed E-state index contributed by atoms with van der Waals surface area (Å²) in [5.74, 6) is 0.624. The lowest BCUT2D eigenvalue weighted by atomic mass is 9.97. The second-order valence-corrected chi connectivity index (χ2v) is 7.31. The number of alkyl halides is 3. The van der Waals surface area contributed by atoms with Crippen LogP contribution in [0.15, 0.2) is 40.4 Å². The summed E-state index contributed by atoms with van der Waals surface area (Å²) in [4.78, 5) is 16.6. The number of nitrogens with zero attached hydrogens (tertiary/aromatic N) is 1. The van der Waals surface area contributed by atoms with Gasteiger partial charge in [0.05, 0.1) is 25.8 Å². The summed E-state index contributed by atoms with van der Waals surface area (Å²) in [7, 11) is 1.44. The Hall–Kier alpha value is -2.05. The Labute approximate surface area is 172 Å². The Morgan fingerprint density at radius 1 is 1.31 bits per heavy atom. The fraction of sp³-hybridized carbons (Fsp3) is 0.636. The molecular formula is C22H33F3N2O2. The van der Waals surface area contributed by atoms with Crippen LogP contribution in [0.25, 0.3) is 0 Å². The van der Waals surface area contributed by atoms with E-state index in [9.17, 15) is 18.0 Å². The second kappa shape index (κ2) is 12.5. The third-order valence-electron chi connectivity index (χ3n) is 4.99. The van der Waals surface area contributed by atoms with Crippen LogP contribution in [0.4, 0.5) is 13.2 Å². The number of amides is 1. The monoisotopic (exact) mass is 414 g/mol. The highest BCUT2D eigenvalue weighted by Gasteiger charge is 2.32. The molecule has 0 aromatic rings. The van der Waals surface area contributed by atoms with E-state index in [4.69, 9.17) is 4.74 Å². The Balaban J connectivity index is 2.84. The first kappa shape index (κ1) is 25.0. The highest BCUT2D eigenvalue weighted by molar-refractivity contribution is 5.86. The molecule has 0 aliphatic heterocycles. The lowest BCUT2D eigenvalue weighted by Gasteiger charge is -2.15. The van der Waals surface area contributed by atoms with E-state index in [-0.39, 0.29) is 30.8 Å². The number of halogens is 3. The maximum atomic E-state index is 13.3. The Bertz CT molecular complexity index is 649. The minimum atomic E-state index is -4.41. The zero-order valence-electron chi connectivity index (χ0n) is 17.8. The first-order chi connectivity index (χ1) is 13.7. The van der Waals surface area contributed by atoms with Crippen LogP contribution in [0.5, 0.6) is 0 Å². The normalized spacial score (nSPS) is 21.7. The summed E-state index contributed by atoms with van der Waals surface area (Å²) in [6, 6.07) is 0. The molecule has 2 atom stereocenters. The van der Waals surface area contributed by atoms with Crippen LogP contribution < -0.4 is 5.32 Å². The lowest BCUT2D eigenvalue weighted by molar-refractivity contribution is -0.125. The van der Waals surface area contributed by atoms with Gasteiger partial charge in [0.25, 0.3) is 0 Å². The third-order valence-corrected chi connectivity index (χ3v) is 4.99. The fourth-order valence-corrected chi connectivity index (χ4v) is 3.32. The van der Waals surface area contributed by atoms with Gasteiger partial charge in [-0.1, -0.05) is 44.9 Å². The van der Waals surface area contributed by atoms with Gasteiger partial charge in [-0.25, -0.2) is 4.99 Å². The van der Waals surface area contributed by atoms with Crippen molar-refractivity contribution < 1.29 is 22.7 Å². The van der Waals surface area contributed by atoms with Gasteiger partial charge in [-0.15, -0.1) is 0 Å². The predicted molar refractivity (Wildman–Crippen MR) is 111 cm³/mol. The predicted octanol–water partition coefficient (Wildman–Crippen LogP) is 5.38. The summed E-state index contributed by atoms with van der Waals surface area (Å²) in [5, 5.41) is 2.83. The molecule has 0 heterocycles. The van der Waals surface area contributed by atoms with Gasteiger partial charge in [0.15, 0.2) is 0 Å². The highest BCUT2D eigenvalue weighted by Crippen LogP contribution is 2.31. The van der Waals surface area contributed by atoms with Crippen LogP contribution in [-0.4, -0.2) is 38.2 Å². The van der Waals surface area contributed by atoms with Crippen molar-refractivity contribution in [3.63, 3.8) is 0 Å². The summed E-state index contributed by atoms with van der Waals surface area (Å²) in [6.07, 6.45) is 5.14. The number of unbranched alkanes of at least 4 members (excludes halogenated alkanes) is 1. The molecule has 29 heavy (non-hydrogen) atoms. The van der Waals surface area contributed by atoms with Gasteiger partial charge in [0.2, 0.25) is 11.8 Å². The lowest BCUT2D eigenvalue weighted by Crippen LogP contribution is -2.36. The number of hydrogen-bond acceptors (Lipinski definition) is 3. The molecule has 4 nitrogen and oxygen atoms in total. The van der Waals surface area contributed by atoms with Gasteiger partial charge < -0.3 is 10.1 Å². The Kier molecular flexibility index (Phi) is 10.8. The number of allylic oxidation sites excluding steroid dienone is 4. The van der Waals surface area contributed by atoms with Gasteiger partial charge in [0.1, 0.15) is 0 Å². The second-order valence-electron chi connectivity index (χ2n) is 7.31. The molecule has 1 aliphatic rings. The molecule has 1 fully saturated rings. The largest absolute Gasteiger partial charge is 0.483 e. The molecule has 0 radical (unpaired) electrons. The maximum absolute atomic E-state index is 13.3. The number of aliphatic imine (C=N–C) groups is 1. The average molecular weight is 415 g/mol. The van der Waals surface area contributed by atoms with Gasteiger partial charge in [-0.05, 0) is 43.8 Å². The molecule has 0 aromatic carbocycles. The molecule has 0 aromatic heterocycles. The van der Waals surface area contributed by atoms with E-state index in [1.807, 2.05) is 6.92 Å². The van der Waals surface area contributed by atoms with Crippen molar-refractivity contribution in [2.75, 3.05) is 20.2 Å². The standard InChI is InChI=1S/C22H33F3N2O2/c1-5-7-11-18(22(23,24)25)13-17(9-6-2)14-26-20(29-4)15-27-21(28)19-12-8-10-16(19)3/h6,9,11,13,16,19H,5,7-8,10,12,14-15H2,1-4H3,(H,27,28)/b9-6-,17-13+,18-11+,26-20?. The summed E-state index contributed by atoms with van der Waals surface area (Å²) >= 11 is 0. The van der Waals surface area contributed by atoms with Crippen molar-refractivity contribution in [3.05, 3.63) is 35.5 Å². The molecule has 1 saturated carbocycles. The third kappa shape index (κ3) is 8.88. The average Bonchev–Trinajstić information content (AvgIpc) is 3.09. The van der Waals surface area contributed by atoms with Crippen molar-refractivity contribution in [3.8, 4) is 0 Å². The fourth-order valence-electron chi connectivity index (χ4n) is 3.32. The van der Waals surface area contributed by atoms with Crippen molar-refractivity contribution in [2.24, 2.45) is 16.8 Å². The van der Waals surface area contributed by atoms with Gasteiger partial charge in [-0.3, -0.25) is 4.79 Å². The van der Waals surface area contributed by atoms with Crippen LogP contribution in [0, 0.1) is 11.8 Å². The van der Waals surface area contributed by atoms with Crippen molar-refractivity contribution >= 4 is 11.8 Å². The van der Waals surface area contributed by atoms with E-state index in [1.54, 1.807) is 19.1 Å². The number of nitrogens with one attached hydrogen (secondary N) is 1. The molecule has 7 heteroatoms. The summed E-state index contributed by atoms with van der Waals surface area (Å²) in [5.41, 5.74) is -0.261. The molecule has 1 N–H and O–H groups in total. The number of ether oxygens (including phenoxy) is 1. The van der Waals surface area contributed by atoms with E-state index in [0.717, 1.165) is 25.3 Å². The number of hydrogen-bond donors (Lipinski definition) is 1. The molecule has 0 bridgehead atoms. The van der Waals surface area contributed by atoms with Crippen LogP contribution >= 0.6 is 0 Å². The first-order valence-electron chi connectivity index (χ1n) is 10.2. The first-order valence-corrected chi connectivity index (χ1v) is 10.2. The molecule has 2 unspecified atom stereocenters. The Morgan fingerprint density at radius 2 is 2.03 bits per heavy atom. The van der Waals surface area contributed by atoms with Crippen LogP contribution in [0.2, 0.25) is 0 Å². The number of carbonyl (C=O) groups excluding carboxylic acids is 1. The smallest absolute Gasteiger partial charge is 0.416 e. The van der Waals surface area contributed by atoms with Crippen LogP contribution in [0.1, 0.15) is 52.9 Å². The number of rotatable bonds is 9. The SMILES string of the molecule is C\C=C/C(=C\C(=C/CCC)C(F)(F)F)CN=C(CNC(=O)C1CCCC1C)OC. The summed E-state index contributed by atoms with van der Waals surface area (Å²) in [6.45, 7) is 5.79. The van der Waals surface area contributed by atoms with Crippen molar-refractivity contribution in [1.82, 2.24) is 5.32 Å². The highest BCUT2D eigenvalue weighted by atomic mass is 19.4. The molecule has 164 valence electrons. The van der Waals surface area contributed by atoms with Crippen LogP contribution in [0.3, 0.4) is 0 Å². The van der Waals surface area contributed by atoms with Gasteiger partial charge >= 0.3 is 6.18 Å². The quantitative estimate of drug-likeness (QED) is 0.313. The van der Waals surface area contributed by atoms with E-state index < -0.39 is 11.7 Å². The van der Waals surface area contributed by atoms with Gasteiger partial charge in [-0.2, -0.15) is 13.2 Å². The maximum Gasteiger partial charge on any atom is 0.416 e. The molecular weight excluding hydrogens is 381 g/mol. The molecule has 1 rings (SSSR count). The van der Waals surface area contributed by atoms with Gasteiger partial charge in [0, 0.05) is 5.92 Å². The Morgan fingerprint density at radius 3 is 2.55 bits per heavy atom. The zero-order valence-corrected chi connectivity index (χ0v) is 17.8. The molecule has 0 saturated heterocycles.